The summed E-state index contributed by atoms with van der Waals surface area (Å²) in [6.07, 6.45) is 0. The molecule has 0 saturated carbocycles. The first kappa shape index (κ1) is 11.1. The van der Waals surface area contributed by atoms with Gasteiger partial charge in [0.1, 0.15) is 5.75 Å². The summed E-state index contributed by atoms with van der Waals surface area (Å²) in [6.45, 7) is 6.61. The molecular weight excluding hydrogens is 242 g/mol. The van der Waals surface area contributed by atoms with Gasteiger partial charge >= 0.3 is 0 Å². The summed E-state index contributed by atoms with van der Waals surface area (Å²) >= 11 is 3.43. The smallest absolute Gasteiger partial charge is 0.133 e. The Morgan fingerprint density at radius 3 is 2.79 bits per heavy atom. The third-order valence-electron chi connectivity index (χ3n) is 1.75. The molecule has 0 unspecified atom stereocenters. The van der Waals surface area contributed by atoms with E-state index < -0.39 is 0 Å². The first-order valence-electron chi connectivity index (χ1n) is 4.35. The van der Waals surface area contributed by atoms with E-state index in [1.807, 2.05) is 25.1 Å². The third kappa shape index (κ3) is 3.07. The van der Waals surface area contributed by atoms with Crippen molar-refractivity contribution < 1.29 is 4.74 Å². The minimum absolute atomic E-state index is 0.790. The average molecular weight is 256 g/mol. The zero-order valence-corrected chi connectivity index (χ0v) is 10.0. The van der Waals surface area contributed by atoms with Crippen molar-refractivity contribution in [1.29, 1.82) is 0 Å². The fourth-order valence-electron chi connectivity index (χ4n) is 1.03. The Morgan fingerprint density at radius 2 is 2.29 bits per heavy atom. The number of benzene rings is 1. The second-order valence-electron chi connectivity index (χ2n) is 3.16. The maximum absolute atomic E-state index is 5.13. The Bertz CT molecular complexity index is 336. The first-order chi connectivity index (χ1) is 6.63. The second-order valence-corrected chi connectivity index (χ2v) is 4.01. The van der Waals surface area contributed by atoms with Crippen LogP contribution >= 0.6 is 15.9 Å². The number of anilines is 1. The molecule has 3 heteroatoms. The summed E-state index contributed by atoms with van der Waals surface area (Å²) in [4.78, 5) is 0. The molecule has 0 atom stereocenters. The van der Waals surface area contributed by atoms with Gasteiger partial charge in [-0.15, -0.1) is 0 Å². The summed E-state index contributed by atoms with van der Waals surface area (Å²) in [7, 11) is 1.65. The topological polar surface area (TPSA) is 21.3 Å². The van der Waals surface area contributed by atoms with Crippen LogP contribution < -0.4 is 10.1 Å². The van der Waals surface area contributed by atoms with Gasteiger partial charge in [0.2, 0.25) is 0 Å². The van der Waals surface area contributed by atoms with Gasteiger partial charge < -0.3 is 10.1 Å². The Balaban J connectivity index is 2.71. The van der Waals surface area contributed by atoms with Crippen molar-refractivity contribution in [1.82, 2.24) is 0 Å². The molecule has 0 bridgehead atoms. The van der Waals surface area contributed by atoms with Crippen LogP contribution in [-0.2, 0) is 0 Å². The molecule has 0 amide bonds. The summed E-state index contributed by atoms with van der Waals surface area (Å²) < 4.78 is 6.08. The van der Waals surface area contributed by atoms with E-state index in [4.69, 9.17) is 4.74 Å². The number of hydrogen-bond donors (Lipinski definition) is 1. The molecule has 0 fully saturated rings. The molecule has 0 aromatic heterocycles. The van der Waals surface area contributed by atoms with Crippen LogP contribution in [0.15, 0.2) is 34.8 Å². The van der Waals surface area contributed by atoms with Gasteiger partial charge in [-0.2, -0.15) is 0 Å². The third-order valence-corrected chi connectivity index (χ3v) is 2.37. The second kappa shape index (κ2) is 5.05. The maximum Gasteiger partial charge on any atom is 0.133 e. The Hall–Kier alpha value is -0.960. The molecule has 0 aliphatic rings. The Labute approximate surface area is 93.1 Å². The van der Waals surface area contributed by atoms with Crippen LogP contribution in [0.25, 0.3) is 0 Å². The summed E-state index contributed by atoms with van der Waals surface area (Å²) in [5.74, 6) is 0.839. The monoisotopic (exact) mass is 255 g/mol. The van der Waals surface area contributed by atoms with Crippen LogP contribution in [0.1, 0.15) is 6.92 Å². The van der Waals surface area contributed by atoms with Gasteiger partial charge in [-0.05, 0) is 41.1 Å². The van der Waals surface area contributed by atoms with Gasteiger partial charge in [0.25, 0.3) is 0 Å². The molecule has 0 aliphatic carbocycles. The standard InChI is InChI=1S/C11H14BrNO/c1-8(2)7-13-9-4-5-11(14-3)10(12)6-9/h4-6,13H,1,7H2,2-3H3. The first-order valence-corrected chi connectivity index (χ1v) is 5.14. The lowest BCUT2D eigenvalue weighted by Crippen LogP contribution is -2.01. The largest absolute Gasteiger partial charge is 0.496 e. The van der Waals surface area contributed by atoms with E-state index in [9.17, 15) is 0 Å². The van der Waals surface area contributed by atoms with Crippen molar-refractivity contribution in [2.75, 3.05) is 19.0 Å². The summed E-state index contributed by atoms with van der Waals surface area (Å²) in [6, 6.07) is 5.89. The van der Waals surface area contributed by atoms with Crippen LogP contribution in [-0.4, -0.2) is 13.7 Å². The van der Waals surface area contributed by atoms with Gasteiger partial charge in [-0.3, -0.25) is 0 Å². The molecule has 0 aliphatic heterocycles. The molecule has 0 radical (unpaired) electrons. The lowest BCUT2D eigenvalue weighted by molar-refractivity contribution is 0.412. The molecule has 1 aromatic rings. The number of hydrogen-bond acceptors (Lipinski definition) is 2. The highest BCUT2D eigenvalue weighted by molar-refractivity contribution is 9.10. The summed E-state index contributed by atoms with van der Waals surface area (Å²) in [5, 5.41) is 3.25. The highest BCUT2D eigenvalue weighted by atomic mass is 79.9. The van der Waals surface area contributed by atoms with E-state index in [-0.39, 0.29) is 0 Å². The van der Waals surface area contributed by atoms with Crippen LogP contribution in [0.5, 0.6) is 5.75 Å². The Morgan fingerprint density at radius 1 is 1.57 bits per heavy atom. The van der Waals surface area contributed by atoms with Crippen LogP contribution in [0.3, 0.4) is 0 Å². The quantitative estimate of drug-likeness (QED) is 0.833. The van der Waals surface area contributed by atoms with E-state index in [0.29, 0.717) is 0 Å². The fourth-order valence-corrected chi connectivity index (χ4v) is 1.57. The minimum atomic E-state index is 0.790. The lowest BCUT2D eigenvalue weighted by Gasteiger charge is -2.08. The molecule has 0 saturated heterocycles. The van der Waals surface area contributed by atoms with E-state index in [1.54, 1.807) is 7.11 Å². The van der Waals surface area contributed by atoms with Gasteiger partial charge in [-0.1, -0.05) is 12.2 Å². The van der Waals surface area contributed by atoms with E-state index in [0.717, 1.165) is 28.0 Å². The molecule has 14 heavy (non-hydrogen) atoms. The van der Waals surface area contributed by atoms with Crippen molar-refractivity contribution in [3.63, 3.8) is 0 Å². The van der Waals surface area contributed by atoms with Crippen LogP contribution in [0.4, 0.5) is 5.69 Å². The summed E-state index contributed by atoms with van der Waals surface area (Å²) in [5.41, 5.74) is 2.16. The molecule has 0 spiro atoms. The van der Waals surface area contributed by atoms with Gasteiger partial charge in [0.15, 0.2) is 0 Å². The molecule has 1 rings (SSSR count). The Kier molecular flexibility index (Phi) is 4.01. The molecule has 76 valence electrons. The lowest BCUT2D eigenvalue weighted by atomic mass is 10.3. The number of methoxy groups -OCH3 is 1. The predicted octanol–water partition coefficient (Wildman–Crippen LogP) is 3.45. The number of rotatable bonds is 4. The average Bonchev–Trinajstić information content (AvgIpc) is 2.15. The minimum Gasteiger partial charge on any atom is -0.496 e. The van der Waals surface area contributed by atoms with E-state index in [2.05, 4.69) is 27.8 Å². The van der Waals surface area contributed by atoms with Crippen molar-refractivity contribution in [2.24, 2.45) is 0 Å². The normalized spacial score (nSPS) is 9.64. The molecule has 0 heterocycles. The number of nitrogens with one attached hydrogen (secondary N) is 1. The molecular formula is C11H14BrNO. The van der Waals surface area contributed by atoms with E-state index in [1.165, 1.54) is 0 Å². The highest BCUT2D eigenvalue weighted by Gasteiger charge is 2.00. The van der Waals surface area contributed by atoms with Crippen molar-refractivity contribution >= 4 is 21.6 Å². The van der Waals surface area contributed by atoms with E-state index >= 15 is 0 Å². The SMILES string of the molecule is C=C(C)CNc1ccc(OC)c(Br)c1. The highest BCUT2D eigenvalue weighted by Crippen LogP contribution is 2.27. The van der Waals surface area contributed by atoms with Crippen molar-refractivity contribution in [2.45, 2.75) is 6.92 Å². The zero-order valence-electron chi connectivity index (χ0n) is 8.43. The molecule has 1 aromatic carbocycles. The van der Waals surface area contributed by atoms with Crippen molar-refractivity contribution in [3.8, 4) is 5.75 Å². The fraction of sp³-hybridized carbons (Fsp3) is 0.273. The zero-order chi connectivity index (χ0) is 10.6. The van der Waals surface area contributed by atoms with Crippen molar-refractivity contribution in [3.05, 3.63) is 34.8 Å². The molecule has 1 N–H and O–H groups in total. The van der Waals surface area contributed by atoms with Gasteiger partial charge in [0.05, 0.1) is 11.6 Å². The van der Waals surface area contributed by atoms with Crippen LogP contribution in [0, 0.1) is 0 Å². The van der Waals surface area contributed by atoms with Gasteiger partial charge in [-0.25, -0.2) is 0 Å². The number of ether oxygens (including phenoxy) is 1. The predicted molar refractivity (Wildman–Crippen MR) is 64.0 cm³/mol. The number of halogens is 1. The van der Waals surface area contributed by atoms with Crippen LogP contribution in [0.2, 0.25) is 0 Å². The maximum atomic E-state index is 5.13. The van der Waals surface area contributed by atoms with Gasteiger partial charge in [0, 0.05) is 12.2 Å². The molecule has 2 nitrogen and oxygen atoms in total.